The van der Waals surface area contributed by atoms with Crippen LogP contribution in [-0.2, 0) is 6.61 Å². The highest BCUT2D eigenvalue weighted by atomic mass is 16.5. The van der Waals surface area contributed by atoms with Crippen LogP contribution in [0.3, 0.4) is 0 Å². The van der Waals surface area contributed by atoms with Crippen LogP contribution in [0.5, 0.6) is 5.75 Å². The van der Waals surface area contributed by atoms with Crippen LogP contribution in [0.2, 0.25) is 0 Å². The van der Waals surface area contributed by atoms with Crippen molar-refractivity contribution < 1.29 is 24.5 Å². The van der Waals surface area contributed by atoms with E-state index in [1.807, 2.05) is 0 Å². The van der Waals surface area contributed by atoms with Crippen LogP contribution < -0.4 is 10.5 Å². The number of hydrogen-bond donors (Lipinski definition) is 3. The summed E-state index contributed by atoms with van der Waals surface area (Å²) in [6, 6.07) is 10.6. The number of carbonyl (C=O) groups is 2. The molecular weight excluding hydrogens is 274 g/mol. The second-order valence-corrected chi connectivity index (χ2v) is 4.32. The largest absolute Gasteiger partial charge is 0.486 e. The lowest BCUT2D eigenvalue weighted by molar-refractivity contribution is 0.0682. The molecule has 2 aromatic rings. The van der Waals surface area contributed by atoms with Gasteiger partial charge in [0.05, 0.1) is 11.3 Å². The predicted molar refractivity (Wildman–Crippen MR) is 75.5 cm³/mol. The van der Waals surface area contributed by atoms with Crippen molar-refractivity contribution in [1.29, 1.82) is 0 Å². The van der Waals surface area contributed by atoms with Gasteiger partial charge in [-0.15, -0.1) is 0 Å². The van der Waals surface area contributed by atoms with E-state index in [1.165, 1.54) is 24.3 Å². The Hall–Kier alpha value is -3.02. The van der Waals surface area contributed by atoms with Gasteiger partial charge in [-0.25, -0.2) is 9.59 Å². The van der Waals surface area contributed by atoms with Crippen molar-refractivity contribution in [2.24, 2.45) is 0 Å². The summed E-state index contributed by atoms with van der Waals surface area (Å²) in [6.07, 6.45) is 0. The van der Waals surface area contributed by atoms with Gasteiger partial charge in [0.25, 0.3) is 0 Å². The van der Waals surface area contributed by atoms with E-state index < -0.39 is 11.9 Å². The van der Waals surface area contributed by atoms with Crippen molar-refractivity contribution >= 4 is 17.6 Å². The Morgan fingerprint density at radius 2 is 1.67 bits per heavy atom. The molecule has 0 fully saturated rings. The van der Waals surface area contributed by atoms with E-state index in [4.69, 9.17) is 20.7 Å². The van der Waals surface area contributed by atoms with Crippen molar-refractivity contribution in [2.75, 3.05) is 5.73 Å². The van der Waals surface area contributed by atoms with Gasteiger partial charge in [-0.05, 0) is 29.8 Å². The predicted octanol–water partition coefficient (Wildman–Crippen LogP) is 2.24. The van der Waals surface area contributed by atoms with Crippen LogP contribution >= 0.6 is 0 Å². The Balaban J connectivity index is 2.16. The molecule has 0 amide bonds. The molecule has 0 aliphatic carbocycles. The fourth-order valence-corrected chi connectivity index (χ4v) is 1.78. The van der Waals surface area contributed by atoms with Gasteiger partial charge in [0.2, 0.25) is 0 Å². The number of carboxylic acid groups (broad SMARTS) is 2. The third-order valence-electron chi connectivity index (χ3n) is 2.86. The molecule has 0 atom stereocenters. The number of nitrogens with two attached hydrogens (primary N) is 1. The first-order valence-electron chi connectivity index (χ1n) is 6.06. The molecule has 0 aromatic heterocycles. The van der Waals surface area contributed by atoms with E-state index >= 15 is 0 Å². The summed E-state index contributed by atoms with van der Waals surface area (Å²) < 4.78 is 5.46. The van der Waals surface area contributed by atoms with Crippen molar-refractivity contribution in [3.8, 4) is 5.75 Å². The van der Waals surface area contributed by atoms with Crippen LogP contribution in [-0.4, -0.2) is 22.2 Å². The molecule has 0 heterocycles. The number of carboxylic acids is 2. The molecule has 0 unspecified atom stereocenters. The Morgan fingerprint density at radius 1 is 1.00 bits per heavy atom. The van der Waals surface area contributed by atoms with E-state index in [-0.39, 0.29) is 29.2 Å². The summed E-state index contributed by atoms with van der Waals surface area (Å²) in [5.74, 6) is -2.03. The van der Waals surface area contributed by atoms with Crippen LogP contribution in [0.25, 0.3) is 0 Å². The van der Waals surface area contributed by atoms with E-state index in [1.54, 1.807) is 18.2 Å². The quantitative estimate of drug-likeness (QED) is 0.727. The van der Waals surface area contributed by atoms with E-state index in [0.29, 0.717) is 5.56 Å². The van der Waals surface area contributed by atoms with Crippen molar-refractivity contribution in [1.82, 2.24) is 0 Å². The highest BCUT2D eigenvalue weighted by molar-refractivity contribution is 5.93. The van der Waals surface area contributed by atoms with Crippen LogP contribution in [0.1, 0.15) is 26.3 Å². The third kappa shape index (κ3) is 3.30. The SMILES string of the molecule is Nc1cccc(C(=O)O)c1OCc1ccc(C(=O)O)cc1. The summed E-state index contributed by atoms with van der Waals surface area (Å²) in [6.45, 7) is 0.0917. The summed E-state index contributed by atoms with van der Waals surface area (Å²) in [5.41, 5.74) is 6.82. The average molecular weight is 287 g/mol. The summed E-state index contributed by atoms with van der Waals surface area (Å²) in [7, 11) is 0. The fraction of sp³-hybridized carbons (Fsp3) is 0.0667. The van der Waals surface area contributed by atoms with Gasteiger partial charge in [-0.2, -0.15) is 0 Å². The highest BCUT2D eigenvalue weighted by Gasteiger charge is 2.14. The summed E-state index contributed by atoms with van der Waals surface area (Å²) >= 11 is 0. The second-order valence-electron chi connectivity index (χ2n) is 4.32. The normalized spacial score (nSPS) is 10.1. The summed E-state index contributed by atoms with van der Waals surface area (Å²) in [5, 5.41) is 17.9. The maximum absolute atomic E-state index is 11.1. The molecule has 0 aliphatic heterocycles. The Kier molecular flexibility index (Phi) is 4.08. The monoisotopic (exact) mass is 287 g/mol. The zero-order valence-corrected chi connectivity index (χ0v) is 10.9. The number of nitrogen functional groups attached to an aromatic ring is 1. The minimum absolute atomic E-state index is 0.0165. The van der Waals surface area contributed by atoms with Crippen LogP contribution in [0, 0.1) is 0 Å². The third-order valence-corrected chi connectivity index (χ3v) is 2.86. The number of hydrogen-bond acceptors (Lipinski definition) is 4. The Bertz CT molecular complexity index is 679. The molecule has 6 nitrogen and oxygen atoms in total. The van der Waals surface area contributed by atoms with E-state index in [9.17, 15) is 9.59 Å². The van der Waals surface area contributed by atoms with Gasteiger partial charge in [-0.3, -0.25) is 0 Å². The zero-order valence-electron chi connectivity index (χ0n) is 10.9. The van der Waals surface area contributed by atoms with Gasteiger partial charge in [-0.1, -0.05) is 18.2 Å². The molecule has 2 rings (SSSR count). The molecule has 0 bridgehead atoms. The first-order chi connectivity index (χ1) is 9.99. The number of benzene rings is 2. The standard InChI is InChI=1S/C15H13NO5/c16-12-3-1-2-11(15(19)20)13(12)21-8-9-4-6-10(7-5-9)14(17)18/h1-7H,8,16H2,(H,17,18)(H,19,20). The summed E-state index contributed by atoms with van der Waals surface area (Å²) in [4.78, 5) is 21.8. The first kappa shape index (κ1) is 14.4. The lowest BCUT2D eigenvalue weighted by Crippen LogP contribution is -2.06. The lowest BCUT2D eigenvalue weighted by Gasteiger charge is -2.11. The molecule has 21 heavy (non-hydrogen) atoms. The number of ether oxygens (including phenoxy) is 1. The first-order valence-corrected chi connectivity index (χ1v) is 6.06. The maximum atomic E-state index is 11.1. The van der Waals surface area contributed by atoms with Gasteiger partial charge in [0.1, 0.15) is 12.2 Å². The number of aromatic carboxylic acids is 2. The minimum atomic E-state index is -1.13. The van der Waals surface area contributed by atoms with Crippen molar-refractivity contribution in [3.05, 3.63) is 59.2 Å². The average Bonchev–Trinajstić information content (AvgIpc) is 2.46. The van der Waals surface area contributed by atoms with Gasteiger partial charge >= 0.3 is 11.9 Å². The Morgan fingerprint density at radius 3 is 2.24 bits per heavy atom. The second kappa shape index (κ2) is 5.96. The molecule has 0 radical (unpaired) electrons. The number of rotatable bonds is 5. The molecule has 6 heteroatoms. The molecule has 0 spiro atoms. The van der Waals surface area contributed by atoms with Gasteiger partial charge in [0.15, 0.2) is 5.75 Å². The molecule has 4 N–H and O–H groups in total. The smallest absolute Gasteiger partial charge is 0.339 e. The van der Waals surface area contributed by atoms with Crippen LogP contribution in [0.15, 0.2) is 42.5 Å². The highest BCUT2D eigenvalue weighted by Crippen LogP contribution is 2.27. The van der Waals surface area contributed by atoms with Crippen LogP contribution in [0.4, 0.5) is 5.69 Å². The number of anilines is 1. The molecule has 0 saturated heterocycles. The molecule has 2 aromatic carbocycles. The number of para-hydroxylation sites is 1. The fourth-order valence-electron chi connectivity index (χ4n) is 1.78. The molecule has 0 aliphatic rings. The van der Waals surface area contributed by atoms with Gasteiger partial charge < -0.3 is 20.7 Å². The van der Waals surface area contributed by atoms with E-state index in [2.05, 4.69) is 0 Å². The van der Waals surface area contributed by atoms with Crippen molar-refractivity contribution in [2.45, 2.75) is 6.61 Å². The minimum Gasteiger partial charge on any atom is -0.486 e. The Labute approximate surface area is 120 Å². The topological polar surface area (TPSA) is 110 Å². The zero-order chi connectivity index (χ0) is 15.4. The van der Waals surface area contributed by atoms with E-state index in [0.717, 1.165) is 0 Å². The van der Waals surface area contributed by atoms with Gasteiger partial charge in [0, 0.05) is 0 Å². The molecule has 108 valence electrons. The van der Waals surface area contributed by atoms with Crippen molar-refractivity contribution in [3.63, 3.8) is 0 Å². The maximum Gasteiger partial charge on any atom is 0.339 e. The molecule has 0 saturated carbocycles. The molecular formula is C15H13NO5. The lowest BCUT2D eigenvalue weighted by atomic mass is 10.1.